The normalized spacial score (nSPS) is 16.7. The molecule has 1 aliphatic heterocycles. The number of carbonyl (C=O) groups excluding carboxylic acids is 2. The van der Waals surface area contributed by atoms with Crippen molar-refractivity contribution >= 4 is 45.0 Å². The van der Waals surface area contributed by atoms with Crippen LogP contribution in [0, 0.1) is 0 Å². The molecule has 238 valence electrons. The summed E-state index contributed by atoms with van der Waals surface area (Å²) in [4.78, 5) is 25.6. The average Bonchev–Trinajstić information content (AvgIpc) is 2.97. The Balaban J connectivity index is 1.39. The number of ether oxygens (including phenoxy) is 2. The molecule has 2 aromatic carbocycles. The molecule has 15 heteroatoms. The van der Waals surface area contributed by atoms with Crippen LogP contribution < -0.4 is 15.4 Å². The third kappa shape index (κ3) is 10.1. The highest BCUT2D eigenvalue weighted by atomic mass is 35.5. The van der Waals surface area contributed by atoms with Gasteiger partial charge in [0.2, 0.25) is 10.0 Å². The summed E-state index contributed by atoms with van der Waals surface area (Å²) in [5, 5.41) is 25.2. The maximum atomic E-state index is 13.0. The van der Waals surface area contributed by atoms with Gasteiger partial charge >= 0.3 is 0 Å². The third-order valence-electron chi connectivity index (χ3n) is 6.71. The molecule has 0 radical (unpaired) electrons. The fraction of sp³-hybridized carbons (Fsp3) is 0.500. The van der Waals surface area contributed by atoms with Crippen molar-refractivity contribution in [2.24, 2.45) is 0 Å². The summed E-state index contributed by atoms with van der Waals surface area (Å²) in [5.41, 5.74) is 2.81. The zero-order chi connectivity index (χ0) is 31.6. The number of amides is 2. The van der Waals surface area contributed by atoms with E-state index < -0.39 is 34.0 Å². The van der Waals surface area contributed by atoms with Crippen molar-refractivity contribution in [2.75, 3.05) is 59.7 Å². The predicted octanol–water partition coefficient (Wildman–Crippen LogP) is 0.856. The largest absolute Gasteiger partial charge is 0.380 e. The minimum atomic E-state index is -3.79. The van der Waals surface area contributed by atoms with E-state index in [1.807, 2.05) is 19.2 Å². The van der Waals surface area contributed by atoms with Crippen molar-refractivity contribution in [2.45, 2.75) is 36.5 Å². The van der Waals surface area contributed by atoms with E-state index in [1.54, 1.807) is 25.1 Å². The first-order valence-electron chi connectivity index (χ1n) is 13.8. The molecule has 2 aromatic rings. The molecule has 3 atom stereocenters. The molecule has 43 heavy (non-hydrogen) atoms. The molecule has 2 amide bonds. The Labute approximate surface area is 261 Å². The zero-order valence-electron chi connectivity index (χ0n) is 24.0. The topological polar surface area (TPSA) is 167 Å². The van der Waals surface area contributed by atoms with Gasteiger partial charge < -0.3 is 35.2 Å². The van der Waals surface area contributed by atoms with E-state index in [9.17, 15) is 28.2 Å². The number of sulfonamides is 1. The number of benzene rings is 2. The van der Waals surface area contributed by atoms with Crippen LogP contribution in [0.3, 0.4) is 0 Å². The number of rotatable bonds is 16. The van der Waals surface area contributed by atoms with Crippen LogP contribution in [-0.4, -0.2) is 107 Å². The Kier molecular flexibility index (Phi) is 13.6. The number of carbonyl (C=O) groups is 2. The Morgan fingerprint density at radius 2 is 1.65 bits per heavy atom. The third-order valence-corrected chi connectivity index (χ3v) is 8.72. The molecule has 0 saturated heterocycles. The second kappa shape index (κ2) is 16.7. The maximum Gasteiger partial charge on any atom is 0.252 e. The van der Waals surface area contributed by atoms with Gasteiger partial charge in [-0.2, -0.15) is 0 Å². The molecule has 0 bridgehead atoms. The first kappa shape index (κ1) is 35.2. The van der Waals surface area contributed by atoms with Crippen molar-refractivity contribution in [3.63, 3.8) is 0 Å². The lowest BCUT2D eigenvalue weighted by atomic mass is 9.85. The number of fused-ring (bicyclic) bond motifs is 1. The Hall–Kier alpha value is -2.33. The Morgan fingerprint density at radius 1 is 1.00 bits per heavy atom. The lowest BCUT2D eigenvalue weighted by molar-refractivity contribution is -0.146. The van der Waals surface area contributed by atoms with Crippen LogP contribution in [0.15, 0.2) is 41.3 Å². The van der Waals surface area contributed by atoms with Gasteiger partial charge in [-0.1, -0.05) is 35.3 Å². The van der Waals surface area contributed by atoms with Gasteiger partial charge in [-0.3, -0.25) is 9.59 Å². The highest BCUT2D eigenvalue weighted by Gasteiger charge is 2.30. The average molecular weight is 662 g/mol. The van der Waals surface area contributed by atoms with Crippen LogP contribution in [0.5, 0.6) is 0 Å². The number of aliphatic hydroxyl groups excluding tert-OH is 2. The zero-order valence-corrected chi connectivity index (χ0v) is 26.3. The molecule has 1 heterocycles. The summed E-state index contributed by atoms with van der Waals surface area (Å²) in [6, 6.07) is 10.4. The van der Waals surface area contributed by atoms with Crippen molar-refractivity contribution < 1.29 is 37.7 Å². The van der Waals surface area contributed by atoms with E-state index >= 15 is 0 Å². The summed E-state index contributed by atoms with van der Waals surface area (Å²) in [6.45, 7) is 3.92. The predicted molar refractivity (Wildman–Crippen MR) is 162 cm³/mol. The standard InChI is InChI=1S/C28H38Cl2N4O8S/c1-3-31-27(37)25(35)26(36)28(38)32-7-9-41-11-12-42-10-8-33-43(39,40)20-6-4-5-18(13-20)22-16-34(2)17-23-21(22)14-19(29)15-24(23)30/h4-6,13-15,22,25-26,33,35-36H,3,7-12,16-17H2,1-2H3,(H,31,37)(H,32,38). The van der Waals surface area contributed by atoms with Crippen LogP contribution in [-0.2, 0) is 35.6 Å². The van der Waals surface area contributed by atoms with Gasteiger partial charge in [0.1, 0.15) is 0 Å². The van der Waals surface area contributed by atoms with Crippen molar-refractivity contribution in [1.29, 1.82) is 0 Å². The smallest absolute Gasteiger partial charge is 0.252 e. The lowest BCUT2D eigenvalue weighted by Crippen LogP contribution is -2.49. The van der Waals surface area contributed by atoms with Gasteiger partial charge in [-0.25, -0.2) is 13.1 Å². The van der Waals surface area contributed by atoms with E-state index in [4.69, 9.17) is 32.7 Å². The van der Waals surface area contributed by atoms with Crippen molar-refractivity contribution in [3.05, 3.63) is 63.1 Å². The molecule has 0 spiro atoms. The van der Waals surface area contributed by atoms with Gasteiger partial charge in [0.15, 0.2) is 12.2 Å². The molecule has 1 aliphatic rings. The maximum absolute atomic E-state index is 13.0. The molecule has 3 rings (SSSR count). The number of likely N-dealkylation sites (N-methyl/N-ethyl adjacent to an activating group) is 2. The number of halogens is 2. The van der Waals surface area contributed by atoms with E-state index in [0.717, 1.165) is 16.7 Å². The van der Waals surface area contributed by atoms with Crippen LogP contribution >= 0.6 is 23.2 Å². The number of hydrogen-bond donors (Lipinski definition) is 5. The summed E-state index contributed by atoms with van der Waals surface area (Å²) in [7, 11) is -1.81. The summed E-state index contributed by atoms with van der Waals surface area (Å²) < 4.78 is 39.2. The van der Waals surface area contributed by atoms with Gasteiger partial charge in [0.05, 0.1) is 31.3 Å². The minimum absolute atomic E-state index is 0.0414. The van der Waals surface area contributed by atoms with Gasteiger partial charge in [0.25, 0.3) is 11.8 Å². The van der Waals surface area contributed by atoms with Crippen molar-refractivity contribution in [1.82, 2.24) is 20.3 Å². The summed E-state index contributed by atoms with van der Waals surface area (Å²) >= 11 is 12.7. The van der Waals surface area contributed by atoms with Crippen LogP contribution in [0.4, 0.5) is 0 Å². The summed E-state index contributed by atoms with van der Waals surface area (Å²) in [6.07, 6.45) is -3.77. The van der Waals surface area contributed by atoms with Gasteiger partial charge in [-0.05, 0) is 54.9 Å². The van der Waals surface area contributed by atoms with E-state index in [-0.39, 0.29) is 56.9 Å². The Bertz CT molecular complexity index is 1360. The van der Waals surface area contributed by atoms with Crippen LogP contribution in [0.1, 0.15) is 29.5 Å². The SMILES string of the molecule is CCNC(=O)C(O)C(O)C(=O)NCCOCCOCCNS(=O)(=O)c1cccc(C2CN(C)Cc3c(Cl)cc(Cl)cc32)c1. The quantitative estimate of drug-likeness (QED) is 0.164. The molecular weight excluding hydrogens is 623 g/mol. The number of nitrogens with zero attached hydrogens (tertiary/aromatic N) is 1. The number of nitrogens with one attached hydrogen (secondary N) is 3. The van der Waals surface area contributed by atoms with Crippen molar-refractivity contribution in [3.8, 4) is 0 Å². The molecule has 12 nitrogen and oxygen atoms in total. The number of hydrogen-bond acceptors (Lipinski definition) is 9. The van der Waals surface area contributed by atoms with Crippen LogP contribution in [0.25, 0.3) is 0 Å². The highest BCUT2D eigenvalue weighted by Crippen LogP contribution is 2.38. The molecule has 3 unspecified atom stereocenters. The molecule has 0 saturated carbocycles. The first-order chi connectivity index (χ1) is 20.4. The molecule has 5 N–H and O–H groups in total. The summed E-state index contributed by atoms with van der Waals surface area (Å²) in [5.74, 6) is -1.84. The fourth-order valence-corrected chi connectivity index (χ4v) is 6.24. The lowest BCUT2D eigenvalue weighted by Gasteiger charge is -2.33. The first-order valence-corrected chi connectivity index (χ1v) is 16.0. The van der Waals surface area contributed by atoms with E-state index in [2.05, 4.69) is 20.3 Å². The molecule has 0 aromatic heterocycles. The molecule has 0 aliphatic carbocycles. The van der Waals surface area contributed by atoms with Crippen LogP contribution in [0.2, 0.25) is 10.0 Å². The van der Waals surface area contributed by atoms with Gasteiger partial charge in [0, 0.05) is 48.7 Å². The monoisotopic (exact) mass is 660 g/mol. The second-order valence-corrected chi connectivity index (χ2v) is 12.6. The van der Waals surface area contributed by atoms with E-state index in [1.165, 1.54) is 6.07 Å². The molecular formula is C28H38Cl2N4O8S. The second-order valence-electron chi connectivity index (χ2n) is 9.98. The molecule has 0 fully saturated rings. The highest BCUT2D eigenvalue weighted by molar-refractivity contribution is 7.89. The van der Waals surface area contributed by atoms with Gasteiger partial charge in [-0.15, -0.1) is 0 Å². The Morgan fingerprint density at radius 3 is 2.33 bits per heavy atom. The number of aliphatic hydroxyl groups is 2. The van der Waals surface area contributed by atoms with E-state index in [0.29, 0.717) is 23.1 Å². The fourth-order valence-electron chi connectivity index (χ4n) is 4.60. The minimum Gasteiger partial charge on any atom is -0.380 e.